The molecule has 0 aromatic carbocycles. The van der Waals surface area contributed by atoms with Crippen LogP contribution in [0, 0.1) is 6.92 Å². The van der Waals surface area contributed by atoms with E-state index in [0.29, 0.717) is 6.04 Å². The standard InChI is InChI=1S/C17H30N4/c1-5-9-15-19-16(18-11-6-2)13(4)17(20-15)21-12-8-10-14(21)7-3/h14H,5-12H2,1-4H3,(H,18,19,20). The van der Waals surface area contributed by atoms with Crippen molar-refractivity contribution in [3.05, 3.63) is 11.4 Å². The van der Waals surface area contributed by atoms with Gasteiger partial charge in [-0.1, -0.05) is 20.8 Å². The fraction of sp³-hybridized carbons (Fsp3) is 0.765. The molecule has 0 amide bonds. The van der Waals surface area contributed by atoms with Gasteiger partial charge in [-0.15, -0.1) is 0 Å². The Morgan fingerprint density at radius 1 is 1.19 bits per heavy atom. The molecule has 21 heavy (non-hydrogen) atoms. The van der Waals surface area contributed by atoms with E-state index in [-0.39, 0.29) is 0 Å². The largest absolute Gasteiger partial charge is 0.370 e. The molecule has 4 heteroatoms. The first-order chi connectivity index (χ1) is 10.2. The lowest BCUT2D eigenvalue weighted by atomic mass is 10.1. The van der Waals surface area contributed by atoms with Gasteiger partial charge in [0.05, 0.1) is 0 Å². The number of hydrogen-bond donors (Lipinski definition) is 1. The summed E-state index contributed by atoms with van der Waals surface area (Å²) in [5.74, 6) is 3.18. The molecule has 4 nitrogen and oxygen atoms in total. The minimum absolute atomic E-state index is 0.645. The molecule has 1 saturated heterocycles. The molecule has 1 aromatic rings. The Labute approximate surface area is 129 Å². The van der Waals surface area contributed by atoms with E-state index < -0.39 is 0 Å². The molecule has 0 bridgehead atoms. The van der Waals surface area contributed by atoms with Gasteiger partial charge in [0.2, 0.25) is 0 Å². The molecule has 0 spiro atoms. The Kier molecular flexibility index (Phi) is 5.83. The van der Waals surface area contributed by atoms with Gasteiger partial charge < -0.3 is 10.2 Å². The van der Waals surface area contributed by atoms with Crippen molar-refractivity contribution in [3.63, 3.8) is 0 Å². The topological polar surface area (TPSA) is 41.1 Å². The maximum atomic E-state index is 4.89. The van der Waals surface area contributed by atoms with E-state index in [2.05, 4.69) is 37.9 Å². The fourth-order valence-electron chi connectivity index (χ4n) is 3.12. The number of aromatic nitrogens is 2. The molecule has 0 radical (unpaired) electrons. The highest BCUT2D eigenvalue weighted by Gasteiger charge is 2.26. The van der Waals surface area contributed by atoms with Crippen molar-refractivity contribution in [2.75, 3.05) is 23.3 Å². The molecular weight excluding hydrogens is 260 g/mol. The Morgan fingerprint density at radius 3 is 2.67 bits per heavy atom. The van der Waals surface area contributed by atoms with Crippen molar-refractivity contribution < 1.29 is 0 Å². The van der Waals surface area contributed by atoms with Gasteiger partial charge >= 0.3 is 0 Å². The third-order valence-electron chi connectivity index (χ3n) is 4.30. The highest BCUT2D eigenvalue weighted by molar-refractivity contribution is 5.59. The summed E-state index contributed by atoms with van der Waals surface area (Å²) in [6.45, 7) is 10.9. The van der Waals surface area contributed by atoms with Gasteiger partial charge in [-0.3, -0.25) is 0 Å². The summed E-state index contributed by atoms with van der Waals surface area (Å²) in [5.41, 5.74) is 1.21. The van der Waals surface area contributed by atoms with Gasteiger partial charge in [-0.25, -0.2) is 9.97 Å². The lowest BCUT2D eigenvalue weighted by molar-refractivity contribution is 0.636. The Bertz CT molecular complexity index is 458. The number of aryl methyl sites for hydroxylation is 1. The van der Waals surface area contributed by atoms with Crippen molar-refractivity contribution in [2.24, 2.45) is 0 Å². The summed E-state index contributed by atoms with van der Waals surface area (Å²) in [4.78, 5) is 12.1. The molecule has 1 aromatic heterocycles. The third kappa shape index (κ3) is 3.66. The molecule has 0 saturated carbocycles. The SMILES string of the molecule is CCCNc1nc(CCC)nc(N2CCCC2CC)c1C. The lowest BCUT2D eigenvalue weighted by Crippen LogP contribution is -2.30. The van der Waals surface area contributed by atoms with Crippen LogP contribution in [-0.4, -0.2) is 29.1 Å². The second-order valence-electron chi connectivity index (χ2n) is 6.01. The molecule has 1 atom stereocenters. The maximum Gasteiger partial charge on any atom is 0.137 e. The lowest BCUT2D eigenvalue weighted by Gasteiger charge is -2.27. The van der Waals surface area contributed by atoms with Gasteiger partial charge in [0.15, 0.2) is 0 Å². The minimum Gasteiger partial charge on any atom is -0.370 e. The molecular formula is C17H30N4. The van der Waals surface area contributed by atoms with Crippen molar-refractivity contribution in [1.82, 2.24) is 9.97 Å². The highest BCUT2D eigenvalue weighted by atomic mass is 15.2. The number of anilines is 2. The monoisotopic (exact) mass is 290 g/mol. The maximum absolute atomic E-state index is 4.89. The Morgan fingerprint density at radius 2 is 2.00 bits per heavy atom. The minimum atomic E-state index is 0.645. The molecule has 1 N–H and O–H groups in total. The van der Waals surface area contributed by atoms with Gasteiger partial charge in [0.25, 0.3) is 0 Å². The Hall–Kier alpha value is -1.32. The predicted octanol–water partition coefficient (Wildman–Crippen LogP) is 3.94. The second-order valence-corrected chi connectivity index (χ2v) is 6.01. The number of nitrogens with one attached hydrogen (secondary N) is 1. The summed E-state index contributed by atoms with van der Waals surface area (Å²) in [7, 11) is 0. The van der Waals surface area contributed by atoms with Crippen LogP contribution in [0.3, 0.4) is 0 Å². The normalized spacial score (nSPS) is 18.3. The average Bonchev–Trinajstić information content (AvgIpc) is 2.96. The van der Waals surface area contributed by atoms with Crippen LogP contribution in [0.5, 0.6) is 0 Å². The molecule has 0 aliphatic carbocycles. The van der Waals surface area contributed by atoms with E-state index in [1.54, 1.807) is 0 Å². The highest BCUT2D eigenvalue weighted by Crippen LogP contribution is 2.31. The average molecular weight is 290 g/mol. The molecule has 1 aliphatic heterocycles. The van der Waals surface area contributed by atoms with Crippen LogP contribution in [0.4, 0.5) is 11.6 Å². The summed E-state index contributed by atoms with van der Waals surface area (Å²) in [6, 6.07) is 0.645. The molecule has 2 rings (SSSR count). The summed E-state index contributed by atoms with van der Waals surface area (Å²) < 4.78 is 0. The number of nitrogens with zero attached hydrogens (tertiary/aromatic N) is 3. The summed E-state index contributed by atoms with van der Waals surface area (Å²) in [5, 5.41) is 3.48. The van der Waals surface area contributed by atoms with Crippen LogP contribution in [0.15, 0.2) is 0 Å². The number of hydrogen-bond acceptors (Lipinski definition) is 4. The van der Waals surface area contributed by atoms with Crippen LogP contribution in [0.2, 0.25) is 0 Å². The van der Waals surface area contributed by atoms with E-state index >= 15 is 0 Å². The molecule has 2 heterocycles. The van der Waals surface area contributed by atoms with Crippen LogP contribution < -0.4 is 10.2 Å². The van der Waals surface area contributed by atoms with Crippen molar-refractivity contribution in [3.8, 4) is 0 Å². The van der Waals surface area contributed by atoms with Crippen molar-refractivity contribution in [1.29, 1.82) is 0 Å². The smallest absolute Gasteiger partial charge is 0.137 e. The van der Waals surface area contributed by atoms with Crippen molar-refractivity contribution in [2.45, 2.75) is 72.3 Å². The van der Waals surface area contributed by atoms with Crippen molar-refractivity contribution >= 4 is 11.6 Å². The quantitative estimate of drug-likeness (QED) is 0.826. The van der Waals surface area contributed by atoms with Gasteiger partial charge in [-0.05, 0) is 39.0 Å². The predicted molar refractivity (Wildman–Crippen MR) is 90.2 cm³/mol. The van der Waals surface area contributed by atoms with Crippen LogP contribution in [-0.2, 0) is 6.42 Å². The molecule has 118 valence electrons. The van der Waals surface area contributed by atoms with E-state index in [9.17, 15) is 0 Å². The van der Waals surface area contributed by atoms with E-state index in [1.807, 2.05) is 0 Å². The Balaban J connectivity index is 2.35. The number of rotatable bonds is 7. The molecule has 1 aliphatic rings. The zero-order chi connectivity index (χ0) is 15.2. The van der Waals surface area contributed by atoms with Crippen LogP contribution in [0.25, 0.3) is 0 Å². The zero-order valence-electron chi connectivity index (χ0n) is 14.1. The van der Waals surface area contributed by atoms with E-state index in [1.165, 1.54) is 24.8 Å². The molecule has 1 fully saturated rings. The third-order valence-corrected chi connectivity index (χ3v) is 4.30. The molecule has 1 unspecified atom stereocenters. The summed E-state index contributed by atoms with van der Waals surface area (Å²) in [6.07, 6.45) is 6.93. The van der Waals surface area contributed by atoms with E-state index in [4.69, 9.17) is 9.97 Å². The fourth-order valence-corrected chi connectivity index (χ4v) is 3.12. The zero-order valence-corrected chi connectivity index (χ0v) is 14.1. The van der Waals surface area contributed by atoms with Crippen LogP contribution in [0.1, 0.15) is 64.3 Å². The first kappa shape index (κ1) is 16.1. The summed E-state index contributed by atoms with van der Waals surface area (Å²) >= 11 is 0. The van der Waals surface area contributed by atoms with Gasteiger partial charge in [0.1, 0.15) is 17.5 Å². The second kappa shape index (κ2) is 7.62. The first-order valence-electron chi connectivity index (χ1n) is 8.59. The van der Waals surface area contributed by atoms with Gasteiger partial charge in [0, 0.05) is 31.1 Å². The first-order valence-corrected chi connectivity index (χ1v) is 8.59. The van der Waals surface area contributed by atoms with Gasteiger partial charge in [-0.2, -0.15) is 0 Å². The van der Waals surface area contributed by atoms with Crippen LogP contribution >= 0.6 is 0 Å². The van der Waals surface area contributed by atoms with E-state index in [0.717, 1.165) is 49.8 Å².